The number of nitro groups is 1. The Morgan fingerprint density at radius 3 is 2.38 bits per heavy atom. The molecule has 0 aliphatic carbocycles. The maximum Gasteiger partial charge on any atom is 0.275 e. The molecule has 4 nitrogen and oxygen atoms in total. The highest BCUT2D eigenvalue weighted by Gasteiger charge is 2.15. The monoisotopic (exact) mass is 324 g/mol. The third-order valence-corrected chi connectivity index (χ3v) is 3.70. The fraction of sp³-hybridized carbons (Fsp3) is 0.200. The third-order valence-electron chi connectivity index (χ3n) is 3.21. The van der Waals surface area contributed by atoms with Gasteiger partial charge in [0, 0.05) is 34.3 Å². The summed E-state index contributed by atoms with van der Waals surface area (Å²) in [6.07, 6.45) is 0. The summed E-state index contributed by atoms with van der Waals surface area (Å²) in [5.74, 6) is 0. The Labute approximate surface area is 132 Å². The van der Waals surface area contributed by atoms with Crippen LogP contribution in [0.15, 0.2) is 42.5 Å². The van der Waals surface area contributed by atoms with Crippen molar-refractivity contribution in [2.75, 3.05) is 0 Å². The van der Waals surface area contributed by atoms with Gasteiger partial charge in [-0.25, -0.2) is 0 Å². The van der Waals surface area contributed by atoms with Gasteiger partial charge in [-0.05, 0) is 36.8 Å². The van der Waals surface area contributed by atoms with Gasteiger partial charge in [0.2, 0.25) is 0 Å². The number of rotatable bonds is 5. The molecule has 0 amide bonds. The average Bonchev–Trinajstić information content (AvgIpc) is 2.46. The largest absolute Gasteiger partial charge is 0.306 e. The van der Waals surface area contributed by atoms with Crippen molar-refractivity contribution in [2.24, 2.45) is 0 Å². The maximum atomic E-state index is 11.0. The van der Waals surface area contributed by atoms with Crippen LogP contribution in [0.25, 0.3) is 0 Å². The van der Waals surface area contributed by atoms with Crippen molar-refractivity contribution in [3.05, 3.63) is 73.8 Å². The van der Waals surface area contributed by atoms with Crippen LogP contribution in [-0.2, 0) is 6.54 Å². The minimum Gasteiger partial charge on any atom is -0.306 e. The number of nitro benzene ring substituents is 1. The molecule has 0 aliphatic rings. The topological polar surface area (TPSA) is 55.2 Å². The third kappa shape index (κ3) is 4.17. The van der Waals surface area contributed by atoms with Crippen molar-refractivity contribution < 1.29 is 4.92 Å². The molecule has 1 atom stereocenters. The molecule has 0 heterocycles. The van der Waals surface area contributed by atoms with Gasteiger partial charge in [0.25, 0.3) is 5.69 Å². The molecule has 0 aliphatic heterocycles. The summed E-state index contributed by atoms with van der Waals surface area (Å²) >= 11 is 11.6. The SMILES string of the molecule is CC(NCc1ccc(Cl)cc1[N+](=O)[O-])c1ccc(Cl)cc1. The Bertz CT molecular complexity index is 645. The van der Waals surface area contributed by atoms with Gasteiger partial charge in [-0.1, -0.05) is 35.3 Å². The molecule has 110 valence electrons. The van der Waals surface area contributed by atoms with E-state index in [1.807, 2.05) is 31.2 Å². The lowest BCUT2D eigenvalue weighted by Crippen LogP contribution is -2.18. The molecule has 0 saturated heterocycles. The van der Waals surface area contributed by atoms with Crippen molar-refractivity contribution in [3.63, 3.8) is 0 Å². The van der Waals surface area contributed by atoms with E-state index in [1.54, 1.807) is 12.1 Å². The summed E-state index contributed by atoms with van der Waals surface area (Å²) in [5.41, 5.74) is 1.69. The molecular weight excluding hydrogens is 311 g/mol. The molecule has 2 aromatic carbocycles. The van der Waals surface area contributed by atoms with Gasteiger partial charge >= 0.3 is 0 Å². The van der Waals surface area contributed by atoms with Gasteiger partial charge in [0.15, 0.2) is 0 Å². The van der Waals surface area contributed by atoms with Crippen molar-refractivity contribution in [1.82, 2.24) is 5.32 Å². The molecule has 2 aromatic rings. The number of nitrogens with zero attached hydrogens (tertiary/aromatic N) is 1. The van der Waals surface area contributed by atoms with Crippen LogP contribution in [0.5, 0.6) is 0 Å². The smallest absolute Gasteiger partial charge is 0.275 e. The van der Waals surface area contributed by atoms with Crippen molar-refractivity contribution in [2.45, 2.75) is 19.5 Å². The normalized spacial score (nSPS) is 12.1. The van der Waals surface area contributed by atoms with Gasteiger partial charge in [-0.2, -0.15) is 0 Å². The minimum atomic E-state index is -0.421. The predicted molar refractivity (Wildman–Crippen MR) is 84.8 cm³/mol. The molecular formula is C15H14Cl2N2O2. The second-order valence-electron chi connectivity index (χ2n) is 4.68. The van der Waals surface area contributed by atoms with Crippen molar-refractivity contribution in [3.8, 4) is 0 Å². The standard InChI is InChI=1S/C15H14Cl2N2O2/c1-10(11-2-5-13(16)6-3-11)18-9-12-4-7-14(17)8-15(12)19(20)21/h2-8,10,18H,9H2,1H3. The first-order valence-corrected chi connectivity index (χ1v) is 7.14. The first-order chi connectivity index (χ1) is 9.97. The zero-order chi connectivity index (χ0) is 15.4. The van der Waals surface area contributed by atoms with Crippen molar-refractivity contribution in [1.29, 1.82) is 0 Å². The lowest BCUT2D eigenvalue weighted by molar-refractivity contribution is -0.385. The fourth-order valence-electron chi connectivity index (χ4n) is 1.99. The van der Waals surface area contributed by atoms with Crippen LogP contribution in [0.3, 0.4) is 0 Å². The van der Waals surface area contributed by atoms with E-state index in [9.17, 15) is 10.1 Å². The summed E-state index contributed by atoms with van der Waals surface area (Å²) in [7, 11) is 0. The summed E-state index contributed by atoms with van der Waals surface area (Å²) in [6, 6.07) is 12.2. The number of nitrogens with one attached hydrogen (secondary N) is 1. The van der Waals surface area contributed by atoms with Crippen LogP contribution in [0, 0.1) is 10.1 Å². The summed E-state index contributed by atoms with van der Waals surface area (Å²) < 4.78 is 0. The van der Waals surface area contributed by atoms with E-state index in [2.05, 4.69) is 5.32 Å². The molecule has 0 radical (unpaired) electrons. The van der Waals surface area contributed by atoms with E-state index in [1.165, 1.54) is 6.07 Å². The molecule has 0 spiro atoms. The molecule has 1 unspecified atom stereocenters. The first-order valence-electron chi connectivity index (χ1n) is 6.39. The summed E-state index contributed by atoms with van der Waals surface area (Å²) in [5, 5.41) is 15.3. The predicted octanol–water partition coefficient (Wildman–Crippen LogP) is 4.75. The molecule has 6 heteroatoms. The van der Waals surface area contributed by atoms with Crippen LogP contribution in [0.2, 0.25) is 10.0 Å². The lowest BCUT2D eigenvalue weighted by Gasteiger charge is -2.14. The van der Waals surface area contributed by atoms with Gasteiger partial charge in [0.05, 0.1) is 4.92 Å². The Hall–Kier alpha value is -1.62. The molecule has 0 saturated carbocycles. The molecule has 0 bridgehead atoms. The van der Waals surface area contributed by atoms with E-state index in [4.69, 9.17) is 23.2 Å². The first kappa shape index (κ1) is 15.8. The maximum absolute atomic E-state index is 11.0. The van der Waals surface area contributed by atoms with Crippen molar-refractivity contribution >= 4 is 28.9 Å². The molecule has 21 heavy (non-hydrogen) atoms. The Morgan fingerprint density at radius 2 is 1.76 bits per heavy atom. The summed E-state index contributed by atoms with van der Waals surface area (Å²) in [4.78, 5) is 10.6. The second kappa shape index (κ2) is 6.89. The Kier molecular flexibility index (Phi) is 5.17. The highest BCUT2D eigenvalue weighted by atomic mass is 35.5. The molecule has 0 fully saturated rings. The van der Waals surface area contributed by atoms with Crippen LogP contribution in [0.4, 0.5) is 5.69 Å². The zero-order valence-electron chi connectivity index (χ0n) is 11.3. The molecule has 2 rings (SSSR count). The highest BCUT2D eigenvalue weighted by molar-refractivity contribution is 6.31. The number of hydrogen-bond acceptors (Lipinski definition) is 3. The number of hydrogen-bond donors (Lipinski definition) is 1. The highest BCUT2D eigenvalue weighted by Crippen LogP contribution is 2.24. The van der Waals surface area contributed by atoms with E-state index >= 15 is 0 Å². The van der Waals surface area contributed by atoms with E-state index < -0.39 is 4.92 Å². The van der Waals surface area contributed by atoms with Crippen LogP contribution in [-0.4, -0.2) is 4.92 Å². The molecule has 1 N–H and O–H groups in total. The zero-order valence-corrected chi connectivity index (χ0v) is 12.9. The van der Waals surface area contributed by atoms with E-state index in [0.717, 1.165) is 5.56 Å². The van der Waals surface area contributed by atoms with Gasteiger partial charge in [0.1, 0.15) is 0 Å². The van der Waals surface area contributed by atoms with E-state index in [-0.39, 0.29) is 11.7 Å². The van der Waals surface area contributed by atoms with Crippen LogP contribution >= 0.6 is 23.2 Å². The van der Waals surface area contributed by atoms with Crippen LogP contribution in [0.1, 0.15) is 24.1 Å². The van der Waals surface area contributed by atoms with Crippen LogP contribution < -0.4 is 5.32 Å². The van der Waals surface area contributed by atoms with E-state index in [0.29, 0.717) is 22.2 Å². The number of halogens is 2. The second-order valence-corrected chi connectivity index (χ2v) is 5.56. The lowest BCUT2D eigenvalue weighted by atomic mass is 10.1. The van der Waals surface area contributed by atoms with Gasteiger partial charge in [-0.15, -0.1) is 0 Å². The Balaban J connectivity index is 2.09. The van der Waals surface area contributed by atoms with Gasteiger partial charge in [-0.3, -0.25) is 10.1 Å². The summed E-state index contributed by atoms with van der Waals surface area (Å²) in [6.45, 7) is 2.38. The Morgan fingerprint density at radius 1 is 1.14 bits per heavy atom. The fourth-order valence-corrected chi connectivity index (χ4v) is 2.28. The molecule has 0 aromatic heterocycles. The number of benzene rings is 2. The quantitative estimate of drug-likeness (QED) is 0.637. The average molecular weight is 325 g/mol. The minimum absolute atomic E-state index is 0.0262. The van der Waals surface area contributed by atoms with Gasteiger partial charge < -0.3 is 5.32 Å².